The van der Waals surface area contributed by atoms with E-state index in [0.29, 0.717) is 6.42 Å². The predicted octanol–water partition coefficient (Wildman–Crippen LogP) is 2.97. The SMILES string of the molecule is CC1(C)CSCC2(CC(=O)NC(=O)C2c2ccccc2)C1. The van der Waals surface area contributed by atoms with Gasteiger partial charge in [0.25, 0.3) is 0 Å². The van der Waals surface area contributed by atoms with Crippen LogP contribution >= 0.6 is 11.8 Å². The van der Waals surface area contributed by atoms with E-state index < -0.39 is 0 Å². The van der Waals surface area contributed by atoms with Crippen molar-refractivity contribution in [1.82, 2.24) is 5.32 Å². The summed E-state index contributed by atoms with van der Waals surface area (Å²) in [6, 6.07) is 9.91. The Labute approximate surface area is 129 Å². The van der Waals surface area contributed by atoms with E-state index in [1.54, 1.807) is 0 Å². The number of rotatable bonds is 1. The molecular weight excluding hydrogens is 282 g/mol. The van der Waals surface area contributed by atoms with Crippen LogP contribution in [0.2, 0.25) is 0 Å². The third kappa shape index (κ3) is 2.73. The molecule has 3 nitrogen and oxygen atoms in total. The molecule has 2 heterocycles. The number of hydrogen-bond donors (Lipinski definition) is 1. The Balaban J connectivity index is 2.05. The number of carbonyl (C=O) groups excluding carboxylic acids is 2. The minimum Gasteiger partial charge on any atom is -0.296 e. The van der Waals surface area contributed by atoms with Gasteiger partial charge in [-0.2, -0.15) is 11.8 Å². The number of carbonyl (C=O) groups is 2. The molecule has 4 heteroatoms. The number of amides is 2. The van der Waals surface area contributed by atoms with Crippen LogP contribution < -0.4 is 5.32 Å². The first kappa shape index (κ1) is 14.6. The summed E-state index contributed by atoms with van der Waals surface area (Å²) in [5.74, 6) is 1.51. The average Bonchev–Trinajstić information content (AvgIpc) is 2.37. The van der Waals surface area contributed by atoms with Crippen LogP contribution in [0.15, 0.2) is 30.3 Å². The van der Waals surface area contributed by atoms with Crippen LogP contribution in [0.3, 0.4) is 0 Å². The van der Waals surface area contributed by atoms with Crippen molar-refractivity contribution in [2.24, 2.45) is 10.8 Å². The molecule has 2 saturated heterocycles. The number of imide groups is 1. The number of nitrogens with one attached hydrogen (secondary N) is 1. The maximum atomic E-state index is 12.5. The van der Waals surface area contributed by atoms with Crippen LogP contribution in [0.1, 0.15) is 38.2 Å². The van der Waals surface area contributed by atoms with Crippen LogP contribution in [-0.2, 0) is 9.59 Å². The van der Waals surface area contributed by atoms with E-state index in [2.05, 4.69) is 19.2 Å². The highest BCUT2D eigenvalue weighted by Gasteiger charge is 2.53. The molecule has 2 aliphatic rings. The lowest BCUT2D eigenvalue weighted by Crippen LogP contribution is -2.54. The summed E-state index contributed by atoms with van der Waals surface area (Å²) in [7, 11) is 0. The van der Waals surface area contributed by atoms with Crippen LogP contribution in [0.25, 0.3) is 0 Å². The van der Waals surface area contributed by atoms with Crippen LogP contribution in [0.5, 0.6) is 0 Å². The largest absolute Gasteiger partial charge is 0.296 e. The number of hydrogen-bond acceptors (Lipinski definition) is 3. The maximum Gasteiger partial charge on any atom is 0.234 e. The molecule has 21 heavy (non-hydrogen) atoms. The molecule has 1 aromatic rings. The number of piperidine rings is 1. The zero-order valence-electron chi connectivity index (χ0n) is 12.5. The van der Waals surface area contributed by atoms with Crippen LogP contribution in [0.4, 0.5) is 0 Å². The van der Waals surface area contributed by atoms with Crippen molar-refractivity contribution >= 4 is 23.6 Å². The van der Waals surface area contributed by atoms with Gasteiger partial charge in [-0.05, 0) is 23.2 Å². The molecule has 2 unspecified atom stereocenters. The molecule has 1 aromatic carbocycles. The summed E-state index contributed by atoms with van der Waals surface area (Å²) in [4.78, 5) is 24.5. The van der Waals surface area contributed by atoms with Gasteiger partial charge in [0.05, 0.1) is 5.92 Å². The van der Waals surface area contributed by atoms with Gasteiger partial charge in [-0.3, -0.25) is 14.9 Å². The van der Waals surface area contributed by atoms with Crippen molar-refractivity contribution in [3.63, 3.8) is 0 Å². The minimum atomic E-state index is -0.243. The fourth-order valence-corrected chi connectivity index (χ4v) is 5.52. The quantitative estimate of drug-likeness (QED) is 0.811. The highest BCUT2D eigenvalue weighted by Crippen LogP contribution is 2.54. The van der Waals surface area contributed by atoms with Crippen molar-refractivity contribution in [1.29, 1.82) is 0 Å². The van der Waals surface area contributed by atoms with E-state index in [1.807, 2.05) is 42.1 Å². The smallest absolute Gasteiger partial charge is 0.234 e. The lowest BCUT2D eigenvalue weighted by atomic mass is 9.61. The van der Waals surface area contributed by atoms with Crippen molar-refractivity contribution in [2.75, 3.05) is 11.5 Å². The zero-order valence-corrected chi connectivity index (χ0v) is 13.3. The standard InChI is InChI=1S/C17H21NO2S/c1-16(2)9-17(11-21-10-16)8-13(19)18-15(20)14(17)12-6-4-3-5-7-12/h3-7,14H,8-11H2,1-2H3,(H,18,19,20). The van der Waals surface area contributed by atoms with E-state index in [9.17, 15) is 9.59 Å². The summed E-state index contributed by atoms with van der Waals surface area (Å²) >= 11 is 1.88. The second-order valence-electron chi connectivity index (χ2n) is 7.13. The van der Waals surface area contributed by atoms with Gasteiger partial charge < -0.3 is 0 Å². The molecule has 112 valence electrons. The van der Waals surface area contributed by atoms with Gasteiger partial charge in [-0.15, -0.1) is 0 Å². The number of thioether (sulfide) groups is 1. The zero-order chi connectivity index (χ0) is 15.1. The van der Waals surface area contributed by atoms with Gasteiger partial charge in [-0.25, -0.2) is 0 Å². The molecule has 0 bridgehead atoms. The second-order valence-corrected chi connectivity index (χ2v) is 8.11. The summed E-state index contributed by atoms with van der Waals surface area (Å²) in [5, 5.41) is 2.54. The molecule has 2 atom stereocenters. The third-order valence-electron chi connectivity index (χ3n) is 4.50. The van der Waals surface area contributed by atoms with Crippen molar-refractivity contribution in [2.45, 2.75) is 32.6 Å². The molecule has 2 amide bonds. The Morgan fingerprint density at radius 2 is 1.86 bits per heavy atom. The molecule has 2 aliphatic heterocycles. The Kier molecular flexibility index (Phi) is 3.60. The first-order chi connectivity index (χ1) is 9.92. The Morgan fingerprint density at radius 3 is 2.52 bits per heavy atom. The first-order valence-corrected chi connectivity index (χ1v) is 8.54. The maximum absolute atomic E-state index is 12.5. The fraction of sp³-hybridized carbons (Fsp3) is 0.529. The molecule has 0 radical (unpaired) electrons. The molecule has 1 spiro atoms. The van der Waals surface area contributed by atoms with Crippen molar-refractivity contribution in [3.8, 4) is 0 Å². The normalized spacial score (nSPS) is 32.0. The minimum absolute atomic E-state index is 0.120. The third-order valence-corrected chi connectivity index (χ3v) is 6.26. The first-order valence-electron chi connectivity index (χ1n) is 7.38. The van der Waals surface area contributed by atoms with Crippen LogP contribution in [0, 0.1) is 10.8 Å². The summed E-state index contributed by atoms with van der Waals surface area (Å²) in [5.41, 5.74) is 0.946. The van der Waals surface area contributed by atoms with Crippen LogP contribution in [-0.4, -0.2) is 23.3 Å². The summed E-state index contributed by atoms with van der Waals surface area (Å²) in [6.45, 7) is 4.47. The fourth-order valence-electron chi connectivity index (χ4n) is 3.99. The molecular formula is C17H21NO2S. The van der Waals surface area contributed by atoms with E-state index in [-0.39, 0.29) is 28.6 Å². The highest BCUT2D eigenvalue weighted by molar-refractivity contribution is 7.99. The highest BCUT2D eigenvalue weighted by atomic mass is 32.2. The molecule has 2 fully saturated rings. The average molecular weight is 303 g/mol. The predicted molar refractivity (Wildman–Crippen MR) is 85.1 cm³/mol. The van der Waals surface area contributed by atoms with E-state index >= 15 is 0 Å². The van der Waals surface area contributed by atoms with Gasteiger partial charge >= 0.3 is 0 Å². The Morgan fingerprint density at radius 1 is 1.14 bits per heavy atom. The molecule has 0 aliphatic carbocycles. The summed E-state index contributed by atoms with van der Waals surface area (Å²) in [6.07, 6.45) is 1.38. The van der Waals surface area contributed by atoms with Gasteiger partial charge in [-0.1, -0.05) is 44.2 Å². The van der Waals surface area contributed by atoms with Gasteiger partial charge in [0.15, 0.2) is 0 Å². The number of benzene rings is 1. The Hall–Kier alpha value is -1.29. The topological polar surface area (TPSA) is 46.2 Å². The lowest BCUT2D eigenvalue weighted by molar-refractivity contribution is -0.140. The summed E-state index contributed by atoms with van der Waals surface area (Å²) < 4.78 is 0. The molecule has 0 saturated carbocycles. The molecule has 1 N–H and O–H groups in total. The monoisotopic (exact) mass is 303 g/mol. The second kappa shape index (κ2) is 5.16. The van der Waals surface area contributed by atoms with E-state index in [1.165, 1.54) is 0 Å². The molecule has 0 aromatic heterocycles. The Bertz CT molecular complexity index is 569. The van der Waals surface area contributed by atoms with E-state index in [4.69, 9.17) is 0 Å². The van der Waals surface area contributed by atoms with Crippen molar-refractivity contribution < 1.29 is 9.59 Å². The lowest BCUT2D eigenvalue weighted by Gasteiger charge is -2.50. The van der Waals surface area contributed by atoms with E-state index in [0.717, 1.165) is 23.5 Å². The molecule has 3 rings (SSSR count). The van der Waals surface area contributed by atoms with Gasteiger partial charge in [0, 0.05) is 17.6 Å². The van der Waals surface area contributed by atoms with Gasteiger partial charge in [0.2, 0.25) is 11.8 Å². The van der Waals surface area contributed by atoms with Crippen molar-refractivity contribution in [3.05, 3.63) is 35.9 Å². The van der Waals surface area contributed by atoms with Gasteiger partial charge in [0.1, 0.15) is 0 Å².